The first-order valence-corrected chi connectivity index (χ1v) is 5.45. The van der Waals surface area contributed by atoms with Crippen LogP contribution in [0.2, 0.25) is 0 Å². The summed E-state index contributed by atoms with van der Waals surface area (Å²) in [6, 6.07) is 0. The molecule has 0 bridgehead atoms. The number of nitrogens with zero attached hydrogens (tertiary/aromatic N) is 1. The van der Waals surface area contributed by atoms with E-state index in [0.717, 1.165) is 24.8 Å². The maximum atomic E-state index is 9.60. The quantitative estimate of drug-likeness (QED) is 0.840. The Kier molecular flexibility index (Phi) is 3.01. The van der Waals surface area contributed by atoms with E-state index >= 15 is 0 Å². The molecule has 0 saturated heterocycles. The van der Waals surface area contributed by atoms with Gasteiger partial charge in [-0.15, -0.1) is 0 Å². The number of hydrogen-bond donors (Lipinski definition) is 1. The minimum Gasteiger partial charge on any atom is -0.495 e. The van der Waals surface area contributed by atoms with Crippen LogP contribution in [-0.4, -0.2) is 30.9 Å². The maximum absolute atomic E-state index is 9.60. The summed E-state index contributed by atoms with van der Waals surface area (Å²) >= 11 is 0. The summed E-state index contributed by atoms with van der Waals surface area (Å²) in [4.78, 5) is 4.06. The van der Waals surface area contributed by atoms with E-state index in [1.54, 1.807) is 26.6 Å². The van der Waals surface area contributed by atoms with Crippen LogP contribution in [0.1, 0.15) is 24.8 Å². The van der Waals surface area contributed by atoms with Gasteiger partial charge in [0.15, 0.2) is 0 Å². The van der Waals surface area contributed by atoms with Gasteiger partial charge in [0.2, 0.25) is 0 Å². The molecule has 88 valence electrons. The highest BCUT2D eigenvalue weighted by atomic mass is 16.5. The number of ether oxygens (including phenoxy) is 2. The molecule has 4 nitrogen and oxygen atoms in total. The van der Waals surface area contributed by atoms with Gasteiger partial charge in [-0.1, -0.05) is 6.42 Å². The number of aliphatic hydroxyl groups is 1. The fourth-order valence-corrected chi connectivity index (χ4v) is 2.35. The smallest absolute Gasteiger partial charge is 0.144 e. The predicted octanol–water partition coefficient (Wildman–Crippen LogP) is 1.51. The highest BCUT2D eigenvalue weighted by Gasteiger charge is 2.42. The molecule has 1 aliphatic rings. The molecule has 2 rings (SSSR count). The predicted molar refractivity (Wildman–Crippen MR) is 60.0 cm³/mol. The van der Waals surface area contributed by atoms with Crippen LogP contribution >= 0.6 is 0 Å². The Morgan fingerprint density at radius 1 is 1.25 bits per heavy atom. The van der Waals surface area contributed by atoms with Crippen LogP contribution in [0.3, 0.4) is 0 Å². The van der Waals surface area contributed by atoms with Crippen LogP contribution in [0.25, 0.3) is 0 Å². The van der Waals surface area contributed by atoms with Crippen molar-refractivity contribution in [2.75, 3.05) is 20.8 Å². The average Bonchev–Trinajstić information content (AvgIpc) is 2.28. The molecule has 0 aliphatic heterocycles. The second kappa shape index (κ2) is 4.29. The normalized spacial score (nSPS) is 17.7. The van der Waals surface area contributed by atoms with Crippen molar-refractivity contribution in [3.05, 3.63) is 18.0 Å². The van der Waals surface area contributed by atoms with E-state index in [1.807, 2.05) is 0 Å². The molecular formula is C12H17NO3. The lowest BCUT2D eigenvalue weighted by Gasteiger charge is -2.41. The van der Waals surface area contributed by atoms with E-state index in [1.165, 1.54) is 0 Å². The average molecular weight is 223 g/mol. The Morgan fingerprint density at radius 3 is 2.12 bits per heavy atom. The first-order chi connectivity index (χ1) is 7.77. The van der Waals surface area contributed by atoms with E-state index in [-0.39, 0.29) is 12.0 Å². The van der Waals surface area contributed by atoms with Gasteiger partial charge in [0.1, 0.15) is 11.5 Å². The van der Waals surface area contributed by atoms with Gasteiger partial charge in [-0.3, -0.25) is 4.98 Å². The number of methoxy groups -OCH3 is 2. The summed E-state index contributed by atoms with van der Waals surface area (Å²) in [6.45, 7) is 0.129. The summed E-state index contributed by atoms with van der Waals surface area (Å²) in [7, 11) is 3.23. The molecule has 0 spiro atoms. The molecule has 1 N–H and O–H groups in total. The van der Waals surface area contributed by atoms with Crippen LogP contribution in [0, 0.1) is 0 Å². The lowest BCUT2D eigenvalue weighted by atomic mass is 9.64. The van der Waals surface area contributed by atoms with Crippen LogP contribution in [0.15, 0.2) is 12.4 Å². The SMILES string of the molecule is COc1cncc(OC)c1C1(CO)CCC1. The molecule has 16 heavy (non-hydrogen) atoms. The lowest BCUT2D eigenvalue weighted by Crippen LogP contribution is -2.38. The van der Waals surface area contributed by atoms with Crippen molar-refractivity contribution < 1.29 is 14.6 Å². The van der Waals surface area contributed by atoms with Crippen molar-refractivity contribution in [3.8, 4) is 11.5 Å². The first kappa shape index (κ1) is 11.2. The van der Waals surface area contributed by atoms with Crippen LogP contribution < -0.4 is 9.47 Å². The third-order valence-corrected chi connectivity index (χ3v) is 3.46. The number of rotatable bonds is 4. The number of aliphatic hydroxyl groups excluding tert-OH is 1. The molecule has 1 heterocycles. The van der Waals surface area contributed by atoms with Gasteiger partial charge in [-0.05, 0) is 12.8 Å². The summed E-state index contributed by atoms with van der Waals surface area (Å²) in [5.41, 5.74) is 0.765. The third-order valence-electron chi connectivity index (χ3n) is 3.46. The van der Waals surface area contributed by atoms with Gasteiger partial charge in [-0.25, -0.2) is 0 Å². The molecule has 0 unspecified atom stereocenters. The highest BCUT2D eigenvalue weighted by Crippen LogP contribution is 2.50. The topological polar surface area (TPSA) is 51.6 Å². The maximum Gasteiger partial charge on any atom is 0.144 e. The van der Waals surface area contributed by atoms with Gasteiger partial charge in [-0.2, -0.15) is 0 Å². The summed E-state index contributed by atoms with van der Waals surface area (Å²) < 4.78 is 10.6. The van der Waals surface area contributed by atoms with E-state index in [9.17, 15) is 5.11 Å². The summed E-state index contributed by atoms with van der Waals surface area (Å²) in [5, 5.41) is 9.60. The zero-order chi connectivity index (χ0) is 11.6. The monoisotopic (exact) mass is 223 g/mol. The number of aromatic nitrogens is 1. The van der Waals surface area contributed by atoms with Crippen molar-refractivity contribution >= 4 is 0 Å². The van der Waals surface area contributed by atoms with E-state index in [2.05, 4.69) is 4.98 Å². The standard InChI is InChI=1S/C12H17NO3/c1-15-9-6-13-7-10(16-2)11(9)12(8-14)4-3-5-12/h6-7,14H,3-5,8H2,1-2H3. The van der Waals surface area contributed by atoms with Crippen LogP contribution in [-0.2, 0) is 5.41 Å². The molecule has 1 aliphatic carbocycles. The van der Waals surface area contributed by atoms with Gasteiger partial charge >= 0.3 is 0 Å². The van der Waals surface area contributed by atoms with Crippen molar-refractivity contribution in [2.24, 2.45) is 0 Å². The first-order valence-electron chi connectivity index (χ1n) is 5.45. The number of pyridine rings is 1. The minimum atomic E-state index is -0.195. The van der Waals surface area contributed by atoms with Crippen molar-refractivity contribution in [1.82, 2.24) is 4.98 Å². The molecule has 1 saturated carbocycles. The molecule has 1 fully saturated rings. The van der Waals surface area contributed by atoms with E-state index in [4.69, 9.17) is 9.47 Å². The summed E-state index contributed by atoms with van der Waals surface area (Å²) in [6.07, 6.45) is 6.43. The highest BCUT2D eigenvalue weighted by molar-refractivity contribution is 5.48. The summed E-state index contributed by atoms with van der Waals surface area (Å²) in [5.74, 6) is 1.40. The molecule has 1 aromatic rings. The Balaban J connectivity index is 2.51. The third kappa shape index (κ3) is 1.53. The lowest BCUT2D eigenvalue weighted by molar-refractivity contribution is 0.114. The van der Waals surface area contributed by atoms with Gasteiger partial charge in [0, 0.05) is 11.0 Å². The second-order valence-corrected chi connectivity index (χ2v) is 4.21. The largest absolute Gasteiger partial charge is 0.495 e. The Labute approximate surface area is 95.2 Å². The molecule has 4 heteroatoms. The Hall–Kier alpha value is -1.29. The van der Waals surface area contributed by atoms with Crippen molar-refractivity contribution in [2.45, 2.75) is 24.7 Å². The molecule has 1 aromatic heterocycles. The van der Waals surface area contributed by atoms with E-state index in [0.29, 0.717) is 11.5 Å². The molecule has 0 atom stereocenters. The zero-order valence-corrected chi connectivity index (χ0v) is 9.69. The fraction of sp³-hybridized carbons (Fsp3) is 0.583. The van der Waals surface area contributed by atoms with Crippen molar-refractivity contribution in [1.29, 1.82) is 0 Å². The Bertz CT molecular complexity index is 347. The number of hydrogen-bond acceptors (Lipinski definition) is 4. The minimum absolute atomic E-state index is 0.129. The van der Waals surface area contributed by atoms with Gasteiger partial charge in [0.25, 0.3) is 0 Å². The van der Waals surface area contributed by atoms with Crippen LogP contribution in [0.5, 0.6) is 11.5 Å². The molecular weight excluding hydrogens is 206 g/mol. The van der Waals surface area contributed by atoms with Crippen molar-refractivity contribution in [3.63, 3.8) is 0 Å². The van der Waals surface area contributed by atoms with E-state index < -0.39 is 0 Å². The molecule has 0 aromatic carbocycles. The molecule has 0 radical (unpaired) electrons. The van der Waals surface area contributed by atoms with Gasteiger partial charge < -0.3 is 14.6 Å². The Morgan fingerprint density at radius 2 is 1.81 bits per heavy atom. The second-order valence-electron chi connectivity index (χ2n) is 4.21. The molecule has 0 amide bonds. The van der Waals surface area contributed by atoms with Crippen LogP contribution in [0.4, 0.5) is 0 Å². The zero-order valence-electron chi connectivity index (χ0n) is 9.69. The van der Waals surface area contributed by atoms with Gasteiger partial charge in [0.05, 0.1) is 33.2 Å². The fourth-order valence-electron chi connectivity index (χ4n) is 2.35.